The van der Waals surface area contributed by atoms with Crippen LogP contribution < -0.4 is 5.32 Å². The Bertz CT molecular complexity index is 364. The maximum absolute atomic E-state index is 11.5. The van der Waals surface area contributed by atoms with Crippen LogP contribution in [0.25, 0.3) is 0 Å². The summed E-state index contributed by atoms with van der Waals surface area (Å²) in [6, 6.07) is 5.29. The van der Waals surface area contributed by atoms with Gasteiger partial charge in [0.2, 0.25) is 0 Å². The number of carbonyl (C=O) groups excluding carboxylic acids is 1. The highest BCUT2D eigenvalue weighted by molar-refractivity contribution is 5.79. The Balaban J connectivity index is 2.79. The minimum Gasteiger partial charge on any atom is -0.467 e. The summed E-state index contributed by atoms with van der Waals surface area (Å²) < 4.78 is 4.75. The van der Waals surface area contributed by atoms with E-state index in [1.165, 1.54) is 7.11 Å². The van der Waals surface area contributed by atoms with Crippen LogP contribution in [0.3, 0.4) is 0 Å². The van der Waals surface area contributed by atoms with Crippen LogP contribution in [-0.2, 0) is 9.53 Å². The van der Waals surface area contributed by atoms with Gasteiger partial charge >= 0.3 is 5.97 Å². The van der Waals surface area contributed by atoms with E-state index >= 15 is 0 Å². The SMILES string of the molecule is COC(=O)C(Nc1cccc(C)n1)C(C)C. The van der Waals surface area contributed by atoms with Gasteiger partial charge in [-0.15, -0.1) is 0 Å². The minimum atomic E-state index is -0.362. The van der Waals surface area contributed by atoms with Crippen molar-refractivity contribution in [2.45, 2.75) is 26.8 Å². The minimum absolute atomic E-state index is 0.148. The number of nitrogens with zero attached hydrogens (tertiary/aromatic N) is 1. The van der Waals surface area contributed by atoms with Gasteiger partial charge in [0.15, 0.2) is 0 Å². The molecule has 0 aromatic carbocycles. The van der Waals surface area contributed by atoms with Crippen molar-refractivity contribution in [3.63, 3.8) is 0 Å². The summed E-state index contributed by atoms with van der Waals surface area (Å²) in [5.74, 6) is 0.581. The standard InChI is InChI=1S/C12H18N2O2/c1-8(2)11(12(15)16-4)14-10-7-5-6-9(3)13-10/h5-8,11H,1-4H3,(H,13,14). The number of anilines is 1. The Kier molecular flexibility index (Phi) is 4.28. The number of carbonyl (C=O) groups is 1. The molecule has 0 aliphatic heterocycles. The van der Waals surface area contributed by atoms with Crippen LogP contribution in [0.4, 0.5) is 5.82 Å². The Morgan fingerprint density at radius 3 is 2.62 bits per heavy atom. The van der Waals surface area contributed by atoms with E-state index < -0.39 is 0 Å². The number of methoxy groups -OCH3 is 1. The van der Waals surface area contributed by atoms with Gasteiger partial charge in [-0.3, -0.25) is 0 Å². The number of hydrogen-bond donors (Lipinski definition) is 1. The molecule has 1 rings (SSSR count). The molecule has 0 aliphatic carbocycles. The number of pyridine rings is 1. The molecule has 0 saturated carbocycles. The van der Waals surface area contributed by atoms with Crippen molar-refractivity contribution < 1.29 is 9.53 Å². The summed E-state index contributed by atoms with van der Waals surface area (Å²) in [6.45, 7) is 5.84. The summed E-state index contributed by atoms with van der Waals surface area (Å²) in [5.41, 5.74) is 0.914. The van der Waals surface area contributed by atoms with Crippen LogP contribution in [0, 0.1) is 12.8 Å². The van der Waals surface area contributed by atoms with E-state index in [-0.39, 0.29) is 17.9 Å². The van der Waals surface area contributed by atoms with Crippen molar-refractivity contribution in [3.8, 4) is 0 Å². The number of nitrogens with one attached hydrogen (secondary N) is 1. The van der Waals surface area contributed by atoms with E-state index in [9.17, 15) is 4.79 Å². The topological polar surface area (TPSA) is 51.2 Å². The highest BCUT2D eigenvalue weighted by Gasteiger charge is 2.22. The lowest BCUT2D eigenvalue weighted by atomic mass is 10.0. The monoisotopic (exact) mass is 222 g/mol. The van der Waals surface area contributed by atoms with E-state index in [2.05, 4.69) is 10.3 Å². The fourth-order valence-electron chi connectivity index (χ4n) is 1.41. The van der Waals surface area contributed by atoms with E-state index in [0.717, 1.165) is 5.69 Å². The molecule has 88 valence electrons. The first-order valence-corrected chi connectivity index (χ1v) is 5.32. The molecular formula is C12H18N2O2. The third-order valence-corrected chi connectivity index (χ3v) is 2.31. The second kappa shape index (κ2) is 5.49. The van der Waals surface area contributed by atoms with Crippen LogP contribution in [0.5, 0.6) is 0 Å². The average Bonchev–Trinajstić information content (AvgIpc) is 2.24. The Hall–Kier alpha value is -1.58. The molecule has 0 bridgehead atoms. The van der Waals surface area contributed by atoms with Crippen LogP contribution in [0.2, 0.25) is 0 Å². The lowest BCUT2D eigenvalue weighted by molar-refractivity contribution is -0.142. The molecule has 4 heteroatoms. The first-order valence-electron chi connectivity index (χ1n) is 5.32. The maximum Gasteiger partial charge on any atom is 0.328 e. The van der Waals surface area contributed by atoms with E-state index in [1.807, 2.05) is 39.0 Å². The fourth-order valence-corrected chi connectivity index (χ4v) is 1.41. The Labute approximate surface area is 96.0 Å². The number of rotatable bonds is 4. The summed E-state index contributed by atoms with van der Waals surface area (Å²) in [6.07, 6.45) is 0. The number of aromatic nitrogens is 1. The molecule has 1 atom stereocenters. The zero-order chi connectivity index (χ0) is 12.1. The van der Waals surface area contributed by atoms with Crippen molar-refractivity contribution in [2.75, 3.05) is 12.4 Å². The smallest absolute Gasteiger partial charge is 0.328 e. The van der Waals surface area contributed by atoms with Gasteiger partial charge in [0.1, 0.15) is 11.9 Å². The van der Waals surface area contributed by atoms with Crippen molar-refractivity contribution in [1.29, 1.82) is 0 Å². The van der Waals surface area contributed by atoms with Gasteiger partial charge in [0, 0.05) is 5.69 Å². The zero-order valence-corrected chi connectivity index (χ0v) is 10.2. The van der Waals surface area contributed by atoms with Gasteiger partial charge in [-0.05, 0) is 25.0 Å². The highest BCUT2D eigenvalue weighted by Crippen LogP contribution is 2.12. The van der Waals surface area contributed by atoms with Crippen molar-refractivity contribution in [2.24, 2.45) is 5.92 Å². The first-order chi connectivity index (χ1) is 7.54. The van der Waals surface area contributed by atoms with E-state index in [1.54, 1.807) is 0 Å². The molecule has 0 aliphatic rings. The molecule has 0 saturated heterocycles. The predicted octanol–water partition coefficient (Wildman–Crippen LogP) is 2.00. The normalized spacial score (nSPS) is 12.3. The summed E-state index contributed by atoms with van der Waals surface area (Å²) in [4.78, 5) is 15.8. The largest absolute Gasteiger partial charge is 0.467 e. The molecular weight excluding hydrogens is 204 g/mol. The Morgan fingerprint density at radius 1 is 1.44 bits per heavy atom. The van der Waals surface area contributed by atoms with Crippen molar-refractivity contribution in [3.05, 3.63) is 23.9 Å². The second-order valence-corrected chi connectivity index (χ2v) is 4.05. The lowest BCUT2D eigenvalue weighted by Gasteiger charge is -2.20. The maximum atomic E-state index is 11.5. The summed E-state index contributed by atoms with van der Waals surface area (Å²) in [5, 5.41) is 3.08. The molecule has 0 amide bonds. The quantitative estimate of drug-likeness (QED) is 0.792. The third-order valence-electron chi connectivity index (χ3n) is 2.31. The second-order valence-electron chi connectivity index (χ2n) is 4.05. The van der Waals surface area contributed by atoms with E-state index in [0.29, 0.717) is 5.82 Å². The lowest BCUT2D eigenvalue weighted by Crippen LogP contribution is -2.35. The van der Waals surface area contributed by atoms with E-state index in [4.69, 9.17) is 4.74 Å². The van der Waals surface area contributed by atoms with Gasteiger partial charge in [0.05, 0.1) is 7.11 Å². The van der Waals surface area contributed by atoms with Gasteiger partial charge in [-0.1, -0.05) is 19.9 Å². The van der Waals surface area contributed by atoms with Gasteiger partial charge in [-0.25, -0.2) is 9.78 Å². The molecule has 1 unspecified atom stereocenters. The van der Waals surface area contributed by atoms with Gasteiger partial charge < -0.3 is 10.1 Å². The molecule has 0 radical (unpaired) electrons. The van der Waals surface area contributed by atoms with Crippen LogP contribution in [-0.4, -0.2) is 24.1 Å². The number of esters is 1. The van der Waals surface area contributed by atoms with Gasteiger partial charge in [-0.2, -0.15) is 0 Å². The number of aryl methyl sites for hydroxylation is 1. The molecule has 0 spiro atoms. The summed E-state index contributed by atoms with van der Waals surface area (Å²) >= 11 is 0. The predicted molar refractivity (Wildman–Crippen MR) is 63.2 cm³/mol. The molecule has 4 nitrogen and oxygen atoms in total. The zero-order valence-electron chi connectivity index (χ0n) is 10.2. The molecule has 1 aromatic heterocycles. The Morgan fingerprint density at radius 2 is 2.12 bits per heavy atom. The molecule has 16 heavy (non-hydrogen) atoms. The van der Waals surface area contributed by atoms with Gasteiger partial charge in [0.25, 0.3) is 0 Å². The molecule has 0 fully saturated rings. The average molecular weight is 222 g/mol. The van der Waals surface area contributed by atoms with Crippen LogP contribution in [0.15, 0.2) is 18.2 Å². The number of ether oxygens (including phenoxy) is 1. The first kappa shape index (κ1) is 12.5. The van der Waals surface area contributed by atoms with Crippen molar-refractivity contribution >= 4 is 11.8 Å². The van der Waals surface area contributed by atoms with Crippen molar-refractivity contribution in [1.82, 2.24) is 4.98 Å². The molecule has 1 aromatic rings. The molecule has 1 heterocycles. The summed E-state index contributed by atoms with van der Waals surface area (Å²) in [7, 11) is 1.39. The third kappa shape index (κ3) is 3.22. The fraction of sp³-hybridized carbons (Fsp3) is 0.500. The molecule has 1 N–H and O–H groups in total. The highest BCUT2D eigenvalue weighted by atomic mass is 16.5. The van der Waals surface area contributed by atoms with Crippen LogP contribution in [0.1, 0.15) is 19.5 Å². The van der Waals surface area contributed by atoms with Crippen LogP contribution >= 0.6 is 0 Å². The number of hydrogen-bond acceptors (Lipinski definition) is 4.